The molecule has 0 saturated heterocycles. The maximum Gasteiger partial charge on any atom is 0.244 e. The summed E-state index contributed by atoms with van der Waals surface area (Å²) in [5, 5.41) is 6.57. The molecule has 0 atom stereocenters. The van der Waals surface area contributed by atoms with Gasteiger partial charge in [-0.2, -0.15) is 5.10 Å². The van der Waals surface area contributed by atoms with E-state index in [0.29, 0.717) is 6.61 Å². The zero-order valence-electron chi connectivity index (χ0n) is 20.5. The molecule has 4 aromatic carbocycles. The summed E-state index contributed by atoms with van der Waals surface area (Å²) in [6, 6.07) is 26.8. The first-order chi connectivity index (χ1) is 17.2. The standard InChI is InChI=1S/C30H28I2N2O2/c1-30(2,3)24-13-11-20(12-14-24)17-28(35)34-33-18-21-15-26(31)29(27(32)16-21)36-19-23-9-6-8-22-7-4-5-10-25(22)23/h4-16,18H,17,19H2,1-3H3,(H,34,35). The lowest BCUT2D eigenvalue weighted by atomic mass is 9.86. The Morgan fingerprint density at radius 3 is 2.31 bits per heavy atom. The van der Waals surface area contributed by atoms with Crippen LogP contribution in [0.15, 0.2) is 84.0 Å². The number of carbonyl (C=O) groups is 1. The van der Waals surface area contributed by atoms with Gasteiger partial charge in [-0.05, 0) is 95.8 Å². The molecule has 0 unspecified atom stereocenters. The van der Waals surface area contributed by atoms with E-state index in [0.717, 1.165) is 29.6 Å². The number of rotatable bonds is 7. The van der Waals surface area contributed by atoms with Crippen molar-refractivity contribution in [2.45, 2.75) is 39.2 Å². The Kier molecular flexibility index (Phi) is 8.66. The lowest BCUT2D eigenvalue weighted by molar-refractivity contribution is -0.120. The molecule has 0 bridgehead atoms. The quantitative estimate of drug-likeness (QED) is 0.123. The monoisotopic (exact) mass is 702 g/mol. The van der Waals surface area contributed by atoms with E-state index in [9.17, 15) is 4.79 Å². The van der Waals surface area contributed by atoms with Crippen molar-refractivity contribution in [1.29, 1.82) is 0 Å². The smallest absolute Gasteiger partial charge is 0.244 e. The first-order valence-corrected chi connectivity index (χ1v) is 13.9. The first kappa shape index (κ1) is 26.6. The van der Waals surface area contributed by atoms with Crippen molar-refractivity contribution in [2.75, 3.05) is 0 Å². The fourth-order valence-electron chi connectivity index (χ4n) is 3.89. The van der Waals surface area contributed by atoms with Crippen molar-refractivity contribution >= 4 is 68.1 Å². The number of fused-ring (bicyclic) bond motifs is 1. The molecule has 0 aromatic heterocycles. The number of benzene rings is 4. The van der Waals surface area contributed by atoms with Crippen LogP contribution in [0.25, 0.3) is 10.8 Å². The highest BCUT2D eigenvalue weighted by molar-refractivity contribution is 14.1. The third-order valence-corrected chi connectivity index (χ3v) is 7.46. The molecule has 1 N–H and O–H groups in total. The van der Waals surface area contributed by atoms with Crippen molar-refractivity contribution in [3.8, 4) is 5.75 Å². The van der Waals surface area contributed by atoms with E-state index in [2.05, 4.69) is 125 Å². The van der Waals surface area contributed by atoms with Gasteiger partial charge < -0.3 is 4.74 Å². The Balaban J connectivity index is 1.36. The van der Waals surface area contributed by atoms with Gasteiger partial charge in [0.25, 0.3) is 0 Å². The minimum absolute atomic E-state index is 0.0939. The van der Waals surface area contributed by atoms with Crippen LogP contribution in [-0.4, -0.2) is 12.1 Å². The van der Waals surface area contributed by atoms with Crippen LogP contribution < -0.4 is 10.2 Å². The largest absolute Gasteiger partial charge is 0.487 e. The summed E-state index contributed by atoms with van der Waals surface area (Å²) >= 11 is 4.56. The van der Waals surface area contributed by atoms with Crippen LogP contribution >= 0.6 is 45.2 Å². The maximum absolute atomic E-state index is 12.3. The highest BCUT2D eigenvalue weighted by atomic mass is 127. The molecular weight excluding hydrogens is 674 g/mol. The van der Waals surface area contributed by atoms with Crippen LogP contribution in [0.3, 0.4) is 0 Å². The lowest BCUT2D eigenvalue weighted by Gasteiger charge is -2.19. The number of halogens is 2. The molecule has 0 saturated carbocycles. The molecule has 36 heavy (non-hydrogen) atoms. The second-order valence-electron chi connectivity index (χ2n) is 9.66. The van der Waals surface area contributed by atoms with Crippen molar-refractivity contribution in [3.63, 3.8) is 0 Å². The second-order valence-corrected chi connectivity index (χ2v) is 12.0. The Hall–Kier alpha value is -2.46. The van der Waals surface area contributed by atoms with Crippen LogP contribution in [0.1, 0.15) is 43.0 Å². The van der Waals surface area contributed by atoms with E-state index in [-0.39, 0.29) is 17.7 Å². The normalized spacial score (nSPS) is 11.7. The number of hydrogen-bond donors (Lipinski definition) is 1. The molecule has 0 aliphatic carbocycles. The zero-order valence-corrected chi connectivity index (χ0v) is 24.8. The zero-order chi connectivity index (χ0) is 25.7. The van der Waals surface area contributed by atoms with E-state index in [4.69, 9.17) is 4.74 Å². The minimum Gasteiger partial charge on any atom is -0.487 e. The molecule has 0 fully saturated rings. The van der Waals surface area contributed by atoms with Gasteiger partial charge in [0.05, 0.1) is 19.8 Å². The summed E-state index contributed by atoms with van der Waals surface area (Å²) in [5.74, 6) is 0.707. The van der Waals surface area contributed by atoms with Crippen LogP contribution in [0.2, 0.25) is 0 Å². The number of ether oxygens (including phenoxy) is 1. The van der Waals surface area contributed by atoms with Crippen LogP contribution in [0.4, 0.5) is 0 Å². The Morgan fingerprint density at radius 2 is 1.61 bits per heavy atom. The van der Waals surface area contributed by atoms with Crippen molar-refractivity contribution in [2.24, 2.45) is 5.10 Å². The Labute approximate surface area is 239 Å². The Morgan fingerprint density at radius 1 is 0.944 bits per heavy atom. The molecule has 4 aromatic rings. The fraction of sp³-hybridized carbons (Fsp3) is 0.200. The van der Waals surface area contributed by atoms with Gasteiger partial charge in [-0.25, -0.2) is 5.43 Å². The number of carbonyl (C=O) groups excluding carboxylic acids is 1. The van der Waals surface area contributed by atoms with E-state index < -0.39 is 0 Å². The molecular formula is C30H28I2N2O2. The third kappa shape index (κ3) is 6.85. The van der Waals surface area contributed by atoms with E-state index in [1.165, 1.54) is 16.3 Å². The predicted molar refractivity (Wildman–Crippen MR) is 165 cm³/mol. The summed E-state index contributed by atoms with van der Waals surface area (Å²) in [5.41, 5.74) is 7.00. The molecule has 6 heteroatoms. The lowest BCUT2D eigenvalue weighted by Crippen LogP contribution is -2.20. The average Bonchev–Trinajstić information content (AvgIpc) is 2.83. The number of amides is 1. The molecule has 0 aliphatic heterocycles. The summed E-state index contributed by atoms with van der Waals surface area (Å²) in [4.78, 5) is 12.3. The van der Waals surface area contributed by atoms with Crippen LogP contribution in [0, 0.1) is 7.14 Å². The molecule has 0 heterocycles. The van der Waals surface area contributed by atoms with Gasteiger partial charge >= 0.3 is 0 Å². The molecule has 1 amide bonds. The minimum atomic E-state index is -0.144. The Bertz CT molecular complexity index is 1380. The first-order valence-electron chi connectivity index (χ1n) is 11.7. The highest BCUT2D eigenvalue weighted by Crippen LogP contribution is 2.30. The molecule has 0 radical (unpaired) electrons. The number of nitrogens with one attached hydrogen (secondary N) is 1. The van der Waals surface area contributed by atoms with Crippen molar-refractivity contribution in [3.05, 3.63) is 108 Å². The van der Waals surface area contributed by atoms with E-state index in [1.54, 1.807) is 6.21 Å². The van der Waals surface area contributed by atoms with E-state index in [1.807, 2.05) is 30.3 Å². The number of hydrazone groups is 1. The van der Waals surface area contributed by atoms with Crippen molar-refractivity contribution in [1.82, 2.24) is 5.43 Å². The SMILES string of the molecule is CC(C)(C)c1ccc(CC(=O)NN=Cc2cc(I)c(OCc3cccc4ccccc34)c(I)c2)cc1. The summed E-state index contributed by atoms with van der Waals surface area (Å²) in [6.07, 6.45) is 1.96. The summed E-state index contributed by atoms with van der Waals surface area (Å²) in [6.45, 7) is 7.02. The van der Waals surface area contributed by atoms with Gasteiger partial charge in [-0.1, -0.05) is 87.5 Å². The molecule has 0 spiro atoms. The van der Waals surface area contributed by atoms with Crippen LogP contribution in [0.5, 0.6) is 5.75 Å². The summed E-state index contributed by atoms with van der Waals surface area (Å²) in [7, 11) is 0. The van der Waals surface area contributed by atoms with E-state index >= 15 is 0 Å². The summed E-state index contributed by atoms with van der Waals surface area (Å²) < 4.78 is 8.21. The maximum atomic E-state index is 12.3. The number of nitrogens with zero attached hydrogens (tertiary/aromatic N) is 1. The molecule has 0 aliphatic rings. The molecule has 4 rings (SSSR count). The average molecular weight is 702 g/mol. The van der Waals surface area contributed by atoms with Gasteiger partial charge in [0.1, 0.15) is 12.4 Å². The van der Waals surface area contributed by atoms with Gasteiger partial charge in [0.15, 0.2) is 0 Å². The highest BCUT2D eigenvalue weighted by Gasteiger charge is 2.13. The topological polar surface area (TPSA) is 50.7 Å². The number of hydrogen-bond acceptors (Lipinski definition) is 3. The molecule has 4 nitrogen and oxygen atoms in total. The van der Waals surface area contributed by atoms with Gasteiger partial charge in [0.2, 0.25) is 5.91 Å². The van der Waals surface area contributed by atoms with Gasteiger partial charge in [-0.3, -0.25) is 4.79 Å². The third-order valence-electron chi connectivity index (χ3n) is 5.86. The van der Waals surface area contributed by atoms with Crippen LogP contribution in [-0.2, 0) is 23.2 Å². The second kappa shape index (κ2) is 11.7. The van der Waals surface area contributed by atoms with Gasteiger partial charge in [-0.15, -0.1) is 0 Å². The fourth-order valence-corrected chi connectivity index (χ4v) is 6.01. The predicted octanol–water partition coefficient (Wildman–Crippen LogP) is 7.62. The van der Waals surface area contributed by atoms with Crippen molar-refractivity contribution < 1.29 is 9.53 Å². The molecule has 184 valence electrons. The van der Waals surface area contributed by atoms with Gasteiger partial charge in [0, 0.05) is 0 Å².